The number of benzene rings is 1. The fourth-order valence-corrected chi connectivity index (χ4v) is 4.54. The summed E-state index contributed by atoms with van der Waals surface area (Å²) in [6, 6.07) is 15.9. The summed E-state index contributed by atoms with van der Waals surface area (Å²) in [6.07, 6.45) is 3.48. The Bertz CT molecular complexity index is 1330. The Morgan fingerprint density at radius 1 is 1.00 bits per heavy atom. The van der Waals surface area contributed by atoms with Crippen LogP contribution >= 0.6 is 0 Å². The normalized spacial score (nSPS) is 17.6. The van der Waals surface area contributed by atoms with E-state index in [9.17, 15) is 5.11 Å². The Hall–Kier alpha value is -3.10. The maximum absolute atomic E-state index is 10.4. The van der Waals surface area contributed by atoms with Gasteiger partial charge in [-0.25, -0.2) is 0 Å². The van der Waals surface area contributed by atoms with E-state index in [-0.39, 0.29) is 0 Å². The van der Waals surface area contributed by atoms with Gasteiger partial charge in [0.05, 0.1) is 25.5 Å². The standard InChI is InChI=1S/C27H27N3O4/c1-26(2,31)24-11-20(7-9-29-24)21-8-10-28-22-12-23(34-25(21)22)19-5-3-18(4-6-19)13-33-30-14-27(15-30)16-32-17-27/h3-12,31H,13-17H2,1-2H3. The average molecular weight is 458 g/mol. The summed E-state index contributed by atoms with van der Waals surface area (Å²) in [4.78, 5) is 14.7. The van der Waals surface area contributed by atoms with Crippen LogP contribution in [0.4, 0.5) is 0 Å². The zero-order valence-corrected chi connectivity index (χ0v) is 19.3. The van der Waals surface area contributed by atoms with Gasteiger partial charge in [0.2, 0.25) is 0 Å². The molecule has 2 aliphatic heterocycles. The van der Waals surface area contributed by atoms with E-state index in [1.807, 2.05) is 41.5 Å². The molecule has 3 aromatic heterocycles. The third kappa shape index (κ3) is 3.91. The minimum Gasteiger partial charge on any atom is -0.454 e. The van der Waals surface area contributed by atoms with Crippen molar-refractivity contribution in [2.24, 2.45) is 5.41 Å². The van der Waals surface area contributed by atoms with Crippen molar-refractivity contribution in [3.05, 3.63) is 72.2 Å². The van der Waals surface area contributed by atoms with Gasteiger partial charge in [-0.3, -0.25) is 14.8 Å². The number of ether oxygens (including phenoxy) is 1. The molecule has 2 saturated heterocycles. The number of furan rings is 1. The molecule has 34 heavy (non-hydrogen) atoms. The maximum atomic E-state index is 10.4. The molecular formula is C27H27N3O4. The first-order chi connectivity index (χ1) is 16.4. The molecule has 0 atom stereocenters. The van der Waals surface area contributed by atoms with E-state index < -0.39 is 5.60 Å². The zero-order chi connectivity index (χ0) is 23.3. The number of fused-ring (bicyclic) bond motifs is 1. The number of hydroxylamine groups is 2. The van der Waals surface area contributed by atoms with Crippen molar-refractivity contribution in [2.75, 3.05) is 26.3 Å². The molecule has 7 heteroatoms. The lowest BCUT2D eigenvalue weighted by Gasteiger charge is -2.53. The molecule has 0 radical (unpaired) electrons. The predicted octanol–water partition coefficient (Wildman–Crippen LogP) is 4.55. The van der Waals surface area contributed by atoms with Crippen LogP contribution in [0.3, 0.4) is 0 Å². The molecule has 0 saturated carbocycles. The van der Waals surface area contributed by atoms with Gasteiger partial charge in [0.25, 0.3) is 0 Å². The molecule has 5 heterocycles. The molecule has 4 aromatic rings. The summed E-state index contributed by atoms with van der Waals surface area (Å²) in [6.45, 7) is 7.63. The highest BCUT2D eigenvalue weighted by Crippen LogP contribution is 2.38. The number of hydrogen-bond acceptors (Lipinski definition) is 7. The van der Waals surface area contributed by atoms with Crippen LogP contribution in [0, 0.1) is 5.41 Å². The summed E-state index contributed by atoms with van der Waals surface area (Å²) in [5.41, 5.74) is 5.36. The Balaban J connectivity index is 1.21. The van der Waals surface area contributed by atoms with Crippen molar-refractivity contribution < 1.29 is 19.1 Å². The minimum atomic E-state index is -1.02. The summed E-state index contributed by atoms with van der Waals surface area (Å²) < 4.78 is 11.6. The lowest BCUT2D eigenvalue weighted by atomic mass is 9.80. The third-order valence-electron chi connectivity index (χ3n) is 6.60. The molecule has 0 unspecified atom stereocenters. The van der Waals surface area contributed by atoms with Crippen molar-refractivity contribution >= 4 is 11.1 Å². The molecule has 174 valence electrons. The monoisotopic (exact) mass is 457 g/mol. The van der Waals surface area contributed by atoms with E-state index in [1.54, 1.807) is 26.2 Å². The van der Waals surface area contributed by atoms with Gasteiger partial charge in [-0.15, -0.1) is 0 Å². The van der Waals surface area contributed by atoms with E-state index in [0.29, 0.717) is 23.3 Å². The molecule has 1 N–H and O–H groups in total. The van der Waals surface area contributed by atoms with E-state index in [0.717, 1.165) is 59.8 Å². The zero-order valence-electron chi connectivity index (χ0n) is 19.3. The highest BCUT2D eigenvalue weighted by Gasteiger charge is 2.49. The van der Waals surface area contributed by atoms with Gasteiger partial charge in [-0.2, -0.15) is 5.06 Å². The van der Waals surface area contributed by atoms with E-state index in [4.69, 9.17) is 14.0 Å². The van der Waals surface area contributed by atoms with Crippen molar-refractivity contribution in [3.63, 3.8) is 0 Å². The van der Waals surface area contributed by atoms with Crippen molar-refractivity contribution in [3.8, 4) is 22.5 Å². The van der Waals surface area contributed by atoms with Crippen LogP contribution in [0.1, 0.15) is 25.1 Å². The van der Waals surface area contributed by atoms with Gasteiger partial charge in [0, 0.05) is 48.1 Å². The number of rotatable bonds is 6. The SMILES string of the molecule is CC(C)(O)c1cc(-c2ccnc3cc(-c4ccc(CON5CC6(COC6)C5)cc4)oc23)ccn1. The lowest BCUT2D eigenvalue weighted by Crippen LogP contribution is -2.65. The van der Waals surface area contributed by atoms with Crippen LogP contribution in [0.25, 0.3) is 33.6 Å². The molecule has 1 spiro atoms. The van der Waals surface area contributed by atoms with Gasteiger partial charge in [-0.05, 0) is 43.2 Å². The van der Waals surface area contributed by atoms with Crippen molar-refractivity contribution in [1.29, 1.82) is 0 Å². The van der Waals surface area contributed by atoms with Gasteiger partial charge in [-0.1, -0.05) is 24.3 Å². The van der Waals surface area contributed by atoms with Gasteiger partial charge in [0.1, 0.15) is 16.9 Å². The Labute approximate surface area is 197 Å². The second-order valence-corrected chi connectivity index (χ2v) is 9.93. The number of aromatic nitrogens is 2. The van der Waals surface area contributed by atoms with Crippen LogP contribution in [-0.4, -0.2) is 46.4 Å². The average Bonchev–Trinajstić information content (AvgIpc) is 3.21. The maximum Gasteiger partial charge on any atom is 0.161 e. The number of pyridine rings is 2. The number of hydrogen-bond donors (Lipinski definition) is 1. The quantitative estimate of drug-likeness (QED) is 0.455. The molecule has 1 aromatic carbocycles. The molecule has 6 rings (SSSR count). The molecule has 7 nitrogen and oxygen atoms in total. The largest absolute Gasteiger partial charge is 0.454 e. The molecule has 0 aliphatic carbocycles. The Morgan fingerprint density at radius 2 is 1.76 bits per heavy atom. The number of aliphatic hydroxyl groups is 1. The van der Waals surface area contributed by atoms with Crippen LogP contribution in [0.2, 0.25) is 0 Å². The van der Waals surface area contributed by atoms with Crippen LogP contribution < -0.4 is 0 Å². The van der Waals surface area contributed by atoms with E-state index >= 15 is 0 Å². The topological polar surface area (TPSA) is 80.9 Å². The minimum absolute atomic E-state index is 0.351. The summed E-state index contributed by atoms with van der Waals surface area (Å²) in [5.74, 6) is 0.758. The Morgan fingerprint density at radius 3 is 2.47 bits per heavy atom. The van der Waals surface area contributed by atoms with Crippen LogP contribution in [-0.2, 0) is 21.8 Å². The molecule has 2 fully saturated rings. The predicted molar refractivity (Wildman–Crippen MR) is 128 cm³/mol. The van der Waals surface area contributed by atoms with Gasteiger partial charge >= 0.3 is 0 Å². The highest BCUT2D eigenvalue weighted by atomic mass is 16.7. The first-order valence-corrected chi connectivity index (χ1v) is 11.5. The summed E-state index contributed by atoms with van der Waals surface area (Å²) >= 11 is 0. The van der Waals surface area contributed by atoms with Gasteiger partial charge in [0.15, 0.2) is 5.58 Å². The smallest absolute Gasteiger partial charge is 0.161 e. The first kappa shape index (κ1) is 21.4. The highest BCUT2D eigenvalue weighted by molar-refractivity contribution is 5.92. The first-order valence-electron chi connectivity index (χ1n) is 11.5. The molecule has 0 amide bonds. The fourth-order valence-electron chi connectivity index (χ4n) is 4.54. The van der Waals surface area contributed by atoms with Crippen LogP contribution in [0.15, 0.2) is 65.3 Å². The van der Waals surface area contributed by atoms with Crippen molar-refractivity contribution in [1.82, 2.24) is 15.0 Å². The second-order valence-electron chi connectivity index (χ2n) is 9.93. The molecule has 0 bridgehead atoms. The molecular weight excluding hydrogens is 430 g/mol. The third-order valence-corrected chi connectivity index (χ3v) is 6.60. The van der Waals surface area contributed by atoms with Gasteiger partial charge < -0.3 is 14.3 Å². The summed E-state index contributed by atoms with van der Waals surface area (Å²) in [5, 5.41) is 12.4. The lowest BCUT2D eigenvalue weighted by molar-refractivity contribution is -0.309. The Kier molecular flexibility index (Phi) is 5.04. The summed E-state index contributed by atoms with van der Waals surface area (Å²) in [7, 11) is 0. The molecule has 2 aliphatic rings. The van der Waals surface area contributed by atoms with E-state index in [1.165, 1.54) is 0 Å². The second kappa shape index (κ2) is 7.99. The number of nitrogens with zero attached hydrogens (tertiary/aromatic N) is 3. The van der Waals surface area contributed by atoms with Crippen molar-refractivity contribution in [2.45, 2.75) is 26.1 Å². The van der Waals surface area contributed by atoms with E-state index in [2.05, 4.69) is 22.1 Å². The fraction of sp³-hybridized carbons (Fsp3) is 0.333. The van der Waals surface area contributed by atoms with Crippen LogP contribution in [0.5, 0.6) is 0 Å².